The average molecular weight is 247 g/mol. The molecule has 0 aromatic heterocycles. The molecule has 0 bridgehead atoms. The fourth-order valence-corrected chi connectivity index (χ4v) is 2.76. The summed E-state index contributed by atoms with van der Waals surface area (Å²) in [6.45, 7) is 2.27. The lowest BCUT2D eigenvalue weighted by Crippen LogP contribution is -2.26. The molecule has 1 aliphatic rings. The standard InChI is InChI=1S/C16H25NO/c1-18-16-9-5-8-14(12-16)10-11-17-13-15-6-3-2-4-7-15/h5,8-9,12,15,17H,2-4,6-7,10-11,13H2,1H3. The summed E-state index contributed by atoms with van der Waals surface area (Å²) in [7, 11) is 1.72. The molecule has 2 heteroatoms. The molecule has 2 rings (SSSR count). The van der Waals surface area contributed by atoms with E-state index in [2.05, 4.69) is 23.5 Å². The minimum Gasteiger partial charge on any atom is -0.497 e. The summed E-state index contributed by atoms with van der Waals surface area (Å²) in [6, 6.07) is 8.36. The van der Waals surface area contributed by atoms with Gasteiger partial charge in [-0.3, -0.25) is 0 Å². The monoisotopic (exact) mass is 247 g/mol. The van der Waals surface area contributed by atoms with E-state index in [0.717, 1.165) is 24.6 Å². The van der Waals surface area contributed by atoms with Gasteiger partial charge in [0, 0.05) is 0 Å². The van der Waals surface area contributed by atoms with Crippen molar-refractivity contribution < 1.29 is 4.74 Å². The van der Waals surface area contributed by atoms with Gasteiger partial charge in [0.2, 0.25) is 0 Å². The van der Waals surface area contributed by atoms with Crippen LogP contribution in [0.25, 0.3) is 0 Å². The second-order valence-electron chi connectivity index (χ2n) is 5.31. The molecule has 0 saturated heterocycles. The van der Waals surface area contributed by atoms with Gasteiger partial charge in [-0.25, -0.2) is 0 Å². The normalized spacial score (nSPS) is 16.7. The molecular formula is C16H25NO. The van der Waals surface area contributed by atoms with E-state index in [1.807, 2.05) is 6.07 Å². The van der Waals surface area contributed by atoms with Crippen molar-refractivity contribution >= 4 is 0 Å². The largest absolute Gasteiger partial charge is 0.497 e. The van der Waals surface area contributed by atoms with Crippen molar-refractivity contribution in [2.24, 2.45) is 5.92 Å². The highest BCUT2D eigenvalue weighted by atomic mass is 16.5. The number of benzene rings is 1. The first-order valence-electron chi connectivity index (χ1n) is 7.22. The maximum Gasteiger partial charge on any atom is 0.119 e. The van der Waals surface area contributed by atoms with E-state index in [-0.39, 0.29) is 0 Å². The molecule has 0 heterocycles. The summed E-state index contributed by atoms with van der Waals surface area (Å²) in [5.74, 6) is 1.88. The summed E-state index contributed by atoms with van der Waals surface area (Å²) in [5.41, 5.74) is 1.35. The van der Waals surface area contributed by atoms with Crippen molar-refractivity contribution in [2.45, 2.75) is 38.5 Å². The summed E-state index contributed by atoms with van der Waals surface area (Å²) < 4.78 is 5.24. The van der Waals surface area contributed by atoms with Crippen LogP contribution < -0.4 is 10.1 Å². The van der Waals surface area contributed by atoms with Gasteiger partial charge in [-0.1, -0.05) is 31.4 Å². The number of hydrogen-bond donors (Lipinski definition) is 1. The molecule has 1 aromatic carbocycles. The smallest absolute Gasteiger partial charge is 0.119 e. The second-order valence-corrected chi connectivity index (χ2v) is 5.31. The van der Waals surface area contributed by atoms with Crippen LogP contribution in [0.2, 0.25) is 0 Å². The van der Waals surface area contributed by atoms with Crippen molar-refractivity contribution in [1.82, 2.24) is 5.32 Å². The van der Waals surface area contributed by atoms with Crippen LogP contribution in [0.5, 0.6) is 5.75 Å². The van der Waals surface area contributed by atoms with Crippen LogP contribution in [0.1, 0.15) is 37.7 Å². The average Bonchev–Trinajstić information content (AvgIpc) is 2.45. The summed E-state index contributed by atoms with van der Waals surface area (Å²) >= 11 is 0. The van der Waals surface area contributed by atoms with Crippen LogP contribution in [-0.4, -0.2) is 20.2 Å². The van der Waals surface area contributed by atoms with Crippen LogP contribution in [0.4, 0.5) is 0 Å². The minimum atomic E-state index is 0.920. The Bertz CT molecular complexity index is 345. The molecule has 1 fully saturated rings. The lowest BCUT2D eigenvalue weighted by Gasteiger charge is -2.21. The van der Waals surface area contributed by atoms with E-state index >= 15 is 0 Å². The van der Waals surface area contributed by atoms with E-state index in [1.54, 1.807) is 7.11 Å². The number of rotatable bonds is 6. The molecule has 1 aliphatic carbocycles. The molecule has 18 heavy (non-hydrogen) atoms. The SMILES string of the molecule is COc1cccc(CCNCC2CCCCC2)c1. The molecule has 0 atom stereocenters. The fraction of sp³-hybridized carbons (Fsp3) is 0.625. The van der Waals surface area contributed by atoms with Crippen LogP contribution in [0.3, 0.4) is 0 Å². The Morgan fingerprint density at radius 1 is 1.22 bits per heavy atom. The highest BCUT2D eigenvalue weighted by Crippen LogP contribution is 2.22. The zero-order valence-corrected chi connectivity index (χ0v) is 11.5. The number of ether oxygens (including phenoxy) is 1. The molecular weight excluding hydrogens is 222 g/mol. The van der Waals surface area contributed by atoms with E-state index in [9.17, 15) is 0 Å². The number of nitrogens with one attached hydrogen (secondary N) is 1. The first kappa shape index (κ1) is 13.4. The molecule has 0 radical (unpaired) electrons. The Kier molecular flexibility index (Phi) is 5.53. The third-order valence-electron chi connectivity index (χ3n) is 3.88. The Morgan fingerprint density at radius 2 is 2.06 bits per heavy atom. The topological polar surface area (TPSA) is 21.3 Å². The third-order valence-corrected chi connectivity index (χ3v) is 3.88. The number of hydrogen-bond acceptors (Lipinski definition) is 2. The fourth-order valence-electron chi connectivity index (χ4n) is 2.76. The Balaban J connectivity index is 1.65. The zero-order valence-electron chi connectivity index (χ0n) is 11.5. The van der Waals surface area contributed by atoms with Gasteiger partial charge in [0.1, 0.15) is 5.75 Å². The summed E-state index contributed by atoms with van der Waals surface area (Å²) in [5, 5.41) is 3.60. The lowest BCUT2D eigenvalue weighted by molar-refractivity contribution is 0.343. The maximum atomic E-state index is 5.24. The van der Waals surface area contributed by atoms with Crippen LogP contribution in [0, 0.1) is 5.92 Å². The van der Waals surface area contributed by atoms with Crippen molar-refractivity contribution in [3.05, 3.63) is 29.8 Å². The van der Waals surface area contributed by atoms with Gasteiger partial charge in [0.15, 0.2) is 0 Å². The van der Waals surface area contributed by atoms with Gasteiger partial charge in [0.25, 0.3) is 0 Å². The zero-order chi connectivity index (χ0) is 12.6. The van der Waals surface area contributed by atoms with Gasteiger partial charge in [-0.15, -0.1) is 0 Å². The molecule has 2 nitrogen and oxygen atoms in total. The van der Waals surface area contributed by atoms with Gasteiger partial charge in [-0.2, -0.15) is 0 Å². The van der Waals surface area contributed by atoms with Gasteiger partial charge >= 0.3 is 0 Å². The number of methoxy groups -OCH3 is 1. The molecule has 0 aliphatic heterocycles. The first-order valence-corrected chi connectivity index (χ1v) is 7.22. The van der Waals surface area contributed by atoms with Crippen molar-refractivity contribution in [1.29, 1.82) is 0 Å². The Labute approximate surface area is 111 Å². The van der Waals surface area contributed by atoms with Gasteiger partial charge in [-0.05, 0) is 56.0 Å². The Hall–Kier alpha value is -1.02. The molecule has 0 unspecified atom stereocenters. The van der Waals surface area contributed by atoms with Crippen LogP contribution >= 0.6 is 0 Å². The molecule has 1 aromatic rings. The van der Waals surface area contributed by atoms with E-state index < -0.39 is 0 Å². The third kappa shape index (κ3) is 4.34. The summed E-state index contributed by atoms with van der Waals surface area (Å²) in [6.07, 6.45) is 8.24. The molecule has 0 spiro atoms. The van der Waals surface area contributed by atoms with Crippen LogP contribution in [0.15, 0.2) is 24.3 Å². The quantitative estimate of drug-likeness (QED) is 0.778. The lowest BCUT2D eigenvalue weighted by atomic mass is 9.89. The molecule has 1 saturated carbocycles. The highest BCUT2D eigenvalue weighted by Gasteiger charge is 2.12. The molecule has 100 valence electrons. The van der Waals surface area contributed by atoms with Gasteiger partial charge in [0.05, 0.1) is 7.11 Å². The van der Waals surface area contributed by atoms with E-state index in [1.165, 1.54) is 44.2 Å². The van der Waals surface area contributed by atoms with Crippen molar-refractivity contribution in [3.8, 4) is 5.75 Å². The molecule has 0 amide bonds. The van der Waals surface area contributed by atoms with E-state index in [0.29, 0.717) is 0 Å². The van der Waals surface area contributed by atoms with Crippen LogP contribution in [-0.2, 0) is 6.42 Å². The predicted octanol–water partition coefficient (Wildman–Crippen LogP) is 3.41. The molecule has 1 N–H and O–H groups in total. The minimum absolute atomic E-state index is 0.920. The van der Waals surface area contributed by atoms with Crippen molar-refractivity contribution in [2.75, 3.05) is 20.2 Å². The predicted molar refractivity (Wildman–Crippen MR) is 76.1 cm³/mol. The highest BCUT2D eigenvalue weighted by molar-refractivity contribution is 5.28. The maximum absolute atomic E-state index is 5.24. The van der Waals surface area contributed by atoms with Gasteiger partial charge < -0.3 is 10.1 Å². The second kappa shape index (κ2) is 7.42. The Morgan fingerprint density at radius 3 is 2.83 bits per heavy atom. The van der Waals surface area contributed by atoms with E-state index in [4.69, 9.17) is 4.74 Å². The first-order chi connectivity index (χ1) is 8.88. The summed E-state index contributed by atoms with van der Waals surface area (Å²) in [4.78, 5) is 0. The van der Waals surface area contributed by atoms with Crippen molar-refractivity contribution in [3.63, 3.8) is 0 Å².